The molecule has 0 saturated carbocycles. The van der Waals surface area contributed by atoms with Crippen LogP contribution in [0.25, 0.3) is 0 Å². The highest BCUT2D eigenvalue weighted by Gasteiger charge is 2.31. The Hall–Kier alpha value is -1.84. The van der Waals surface area contributed by atoms with Crippen LogP contribution in [-0.2, 0) is 9.59 Å². The molecule has 0 bridgehead atoms. The van der Waals surface area contributed by atoms with E-state index in [1.165, 1.54) is 4.90 Å². The highest BCUT2D eigenvalue weighted by atomic mass is 16.2. The van der Waals surface area contributed by atoms with Crippen molar-refractivity contribution >= 4 is 11.8 Å². The van der Waals surface area contributed by atoms with Crippen LogP contribution in [0, 0.1) is 6.92 Å². The molecule has 1 aromatic carbocycles. The Morgan fingerprint density at radius 3 is 2.81 bits per heavy atom. The number of carbonyl (C=O) groups is 2. The monoisotopic (exact) mass is 218 g/mol. The standard InChI is InChI=1S/C12H14N2O2/c1-8-4-3-5-9(6-8)11-12(16)14(2)7-10(15)13-11/h3-6,11H,7H2,1-2H3,(H,13,15). The molecule has 1 aliphatic rings. The van der Waals surface area contributed by atoms with Gasteiger partial charge in [0.25, 0.3) is 0 Å². The Kier molecular flexibility index (Phi) is 2.64. The van der Waals surface area contributed by atoms with Crippen LogP contribution in [0.1, 0.15) is 17.2 Å². The molecule has 84 valence electrons. The molecule has 1 atom stereocenters. The van der Waals surface area contributed by atoms with Crippen molar-refractivity contribution in [1.29, 1.82) is 0 Å². The molecule has 1 aliphatic heterocycles. The summed E-state index contributed by atoms with van der Waals surface area (Å²) in [5, 5.41) is 2.71. The summed E-state index contributed by atoms with van der Waals surface area (Å²) >= 11 is 0. The van der Waals surface area contributed by atoms with Crippen LogP contribution < -0.4 is 5.32 Å². The van der Waals surface area contributed by atoms with Gasteiger partial charge in [0.2, 0.25) is 11.8 Å². The number of amides is 2. The van der Waals surface area contributed by atoms with Crippen LogP contribution in [0.3, 0.4) is 0 Å². The molecule has 1 unspecified atom stereocenters. The van der Waals surface area contributed by atoms with E-state index < -0.39 is 6.04 Å². The topological polar surface area (TPSA) is 49.4 Å². The summed E-state index contributed by atoms with van der Waals surface area (Å²) in [7, 11) is 1.64. The lowest BCUT2D eigenvalue weighted by atomic mass is 10.0. The first kappa shape index (κ1) is 10.7. The van der Waals surface area contributed by atoms with Crippen LogP contribution in [-0.4, -0.2) is 30.3 Å². The Morgan fingerprint density at radius 1 is 1.38 bits per heavy atom. The first-order valence-electron chi connectivity index (χ1n) is 5.19. The van der Waals surface area contributed by atoms with E-state index in [0.717, 1.165) is 11.1 Å². The van der Waals surface area contributed by atoms with Gasteiger partial charge in [-0.15, -0.1) is 0 Å². The van der Waals surface area contributed by atoms with Gasteiger partial charge in [-0.3, -0.25) is 9.59 Å². The quantitative estimate of drug-likeness (QED) is 0.751. The summed E-state index contributed by atoms with van der Waals surface area (Å²) in [6, 6.07) is 7.09. The Balaban J connectivity index is 2.32. The number of benzene rings is 1. The van der Waals surface area contributed by atoms with E-state index >= 15 is 0 Å². The molecule has 0 aromatic heterocycles. The summed E-state index contributed by atoms with van der Waals surface area (Å²) in [5.74, 6) is -0.182. The summed E-state index contributed by atoms with van der Waals surface area (Å²) < 4.78 is 0. The molecule has 2 rings (SSSR count). The fraction of sp³-hybridized carbons (Fsp3) is 0.333. The molecule has 1 aromatic rings. The molecular weight excluding hydrogens is 204 g/mol. The van der Waals surface area contributed by atoms with Crippen molar-refractivity contribution in [2.75, 3.05) is 13.6 Å². The Morgan fingerprint density at radius 2 is 2.12 bits per heavy atom. The van der Waals surface area contributed by atoms with Gasteiger partial charge in [-0.25, -0.2) is 0 Å². The predicted octanol–water partition coefficient (Wildman–Crippen LogP) is 0.624. The maximum Gasteiger partial charge on any atom is 0.250 e. The van der Waals surface area contributed by atoms with Crippen molar-refractivity contribution in [2.45, 2.75) is 13.0 Å². The SMILES string of the molecule is Cc1cccc(C2NC(=O)CN(C)C2=O)c1. The van der Waals surface area contributed by atoms with Gasteiger partial charge in [0.05, 0.1) is 6.54 Å². The highest BCUT2D eigenvalue weighted by molar-refractivity contribution is 5.95. The van der Waals surface area contributed by atoms with Gasteiger partial charge in [0.15, 0.2) is 0 Å². The van der Waals surface area contributed by atoms with E-state index in [4.69, 9.17) is 0 Å². The molecule has 1 fully saturated rings. The third kappa shape index (κ3) is 1.91. The van der Waals surface area contributed by atoms with Crippen molar-refractivity contribution < 1.29 is 9.59 Å². The average molecular weight is 218 g/mol. The first-order chi connectivity index (χ1) is 7.58. The predicted molar refractivity (Wildman–Crippen MR) is 59.7 cm³/mol. The van der Waals surface area contributed by atoms with E-state index in [1.807, 2.05) is 31.2 Å². The van der Waals surface area contributed by atoms with Crippen molar-refractivity contribution in [3.63, 3.8) is 0 Å². The number of hydrogen-bond acceptors (Lipinski definition) is 2. The zero-order chi connectivity index (χ0) is 11.7. The highest BCUT2D eigenvalue weighted by Crippen LogP contribution is 2.19. The zero-order valence-corrected chi connectivity index (χ0v) is 9.36. The van der Waals surface area contributed by atoms with E-state index in [0.29, 0.717) is 0 Å². The van der Waals surface area contributed by atoms with Gasteiger partial charge in [0, 0.05) is 7.05 Å². The summed E-state index contributed by atoms with van der Waals surface area (Å²) in [5.41, 5.74) is 1.91. The third-order valence-electron chi connectivity index (χ3n) is 2.68. The maximum absolute atomic E-state index is 11.9. The molecule has 1 heterocycles. The van der Waals surface area contributed by atoms with Gasteiger partial charge < -0.3 is 10.2 Å². The van der Waals surface area contributed by atoms with Crippen LogP contribution in [0.4, 0.5) is 0 Å². The summed E-state index contributed by atoms with van der Waals surface area (Å²) in [6.45, 7) is 2.10. The largest absolute Gasteiger partial charge is 0.339 e. The molecular formula is C12H14N2O2. The third-order valence-corrected chi connectivity index (χ3v) is 2.68. The minimum atomic E-state index is -0.536. The van der Waals surface area contributed by atoms with Crippen molar-refractivity contribution in [3.8, 4) is 0 Å². The van der Waals surface area contributed by atoms with Gasteiger partial charge in [-0.1, -0.05) is 29.8 Å². The smallest absolute Gasteiger partial charge is 0.250 e. The van der Waals surface area contributed by atoms with Crippen LogP contribution in [0.15, 0.2) is 24.3 Å². The normalized spacial score (nSPS) is 20.9. The lowest BCUT2D eigenvalue weighted by molar-refractivity contribution is -0.143. The van der Waals surface area contributed by atoms with Gasteiger partial charge >= 0.3 is 0 Å². The van der Waals surface area contributed by atoms with E-state index in [-0.39, 0.29) is 18.4 Å². The molecule has 4 nitrogen and oxygen atoms in total. The molecule has 0 radical (unpaired) electrons. The fourth-order valence-electron chi connectivity index (χ4n) is 1.86. The number of likely N-dealkylation sites (N-methyl/N-ethyl adjacent to an activating group) is 1. The van der Waals surface area contributed by atoms with Gasteiger partial charge in [-0.2, -0.15) is 0 Å². The van der Waals surface area contributed by atoms with Crippen molar-refractivity contribution in [1.82, 2.24) is 10.2 Å². The molecule has 1 N–H and O–H groups in total. The number of nitrogens with zero attached hydrogens (tertiary/aromatic N) is 1. The number of rotatable bonds is 1. The van der Waals surface area contributed by atoms with Crippen molar-refractivity contribution in [2.24, 2.45) is 0 Å². The Labute approximate surface area is 94.2 Å². The van der Waals surface area contributed by atoms with Crippen LogP contribution >= 0.6 is 0 Å². The first-order valence-corrected chi connectivity index (χ1v) is 5.19. The molecule has 1 saturated heterocycles. The van der Waals surface area contributed by atoms with Crippen molar-refractivity contribution in [3.05, 3.63) is 35.4 Å². The number of nitrogens with one attached hydrogen (secondary N) is 1. The summed E-state index contributed by atoms with van der Waals surface area (Å²) in [4.78, 5) is 24.7. The van der Waals surface area contributed by atoms with E-state index in [9.17, 15) is 9.59 Å². The fourth-order valence-corrected chi connectivity index (χ4v) is 1.86. The van der Waals surface area contributed by atoms with Crippen LogP contribution in [0.2, 0.25) is 0 Å². The van der Waals surface area contributed by atoms with Crippen LogP contribution in [0.5, 0.6) is 0 Å². The Bertz CT molecular complexity index is 442. The average Bonchev–Trinajstić information content (AvgIpc) is 2.23. The molecule has 16 heavy (non-hydrogen) atoms. The molecule has 0 aliphatic carbocycles. The van der Waals surface area contributed by atoms with E-state index in [2.05, 4.69) is 5.32 Å². The summed E-state index contributed by atoms with van der Waals surface area (Å²) in [6.07, 6.45) is 0. The molecule has 2 amide bonds. The number of piperazine rings is 1. The van der Waals surface area contributed by atoms with Gasteiger partial charge in [-0.05, 0) is 12.5 Å². The van der Waals surface area contributed by atoms with Gasteiger partial charge in [0.1, 0.15) is 6.04 Å². The molecule has 4 heteroatoms. The minimum absolute atomic E-state index is 0.0646. The minimum Gasteiger partial charge on any atom is -0.339 e. The second-order valence-corrected chi connectivity index (χ2v) is 4.11. The lowest BCUT2D eigenvalue weighted by Crippen LogP contribution is -2.51. The zero-order valence-electron chi connectivity index (χ0n) is 9.36. The maximum atomic E-state index is 11.9. The second kappa shape index (κ2) is 3.96. The molecule has 0 spiro atoms. The van der Waals surface area contributed by atoms with E-state index in [1.54, 1.807) is 7.05 Å². The second-order valence-electron chi connectivity index (χ2n) is 4.11. The number of hydrogen-bond donors (Lipinski definition) is 1. The lowest BCUT2D eigenvalue weighted by Gasteiger charge is -2.30. The number of carbonyl (C=O) groups excluding carboxylic acids is 2. The number of aryl methyl sites for hydroxylation is 1.